The van der Waals surface area contributed by atoms with Crippen molar-refractivity contribution in [2.24, 2.45) is 5.10 Å². The molecule has 0 bridgehead atoms. The van der Waals surface area contributed by atoms with Gasteiger partial charge in [0.25, 0.3) is 11.8 Å². The van der Waals surface area contributed by atoms with Crippen LogP contribution in [0, 0.1) is 5.82 Å². The number of aromatic nitrogens is 2. The molecule has 0 saturated heterocycles. The first-order valence-electron chi connectivity index (χ1n) is 10.1. The Balaban J connectivity index is 1.50. The number of fused-ring (bicyclic) bond motifs is 1. The molecule has 0 aliphatic rings. The molecule has 1 aromatic heterocycles. The van der Waals surface area contributed by atoms with Gasteiger partial charge in [-0.15, -0.1) is 0 Å². The number of carbonyl (C=O) groups is 1. The third-order valence-corrected chi connectivity index (χ3v) is 4.83. The summed E-state index contributed by atoms with van der Waals surface area (Å²) in [7, 11) is 0. The van der Waals surface area contributed by atoms with Crippen LogP contribution in [0.1, 0.15) is 22.8 Å². The molecule has 2 N–H and O–H groups in total. The van der Waals surface area contributed by atoms with Crippen molar-refractivity contribution in [1.82, 2.24) is 15.4 Å². The number of rotatable bonds is 7. The van der Waals surface area contributed by atoms with E-state index in [1.54, 1.807) is 31.2 Å². The number of hydrazone groups is 1. The lowest BCUT2D eigenvalue weighted by Gasteiger charge is -2.12. The van der Waals surface area contributed by atoms with E-state index in [0.717, 1.165) is 17.0 Å². The Kier molecular flexibility index (Phi) is 6.84. The maximum Gasteiger partial charge on any atom is 0.275 e. The van der Waals surface area contributed by atoms with E-state index in [1.165, 1.54) is 12.3 Å². The Morgan fingerprint density at radius 3 is 2.71 bits per heavy atom. The van der Waals surface area contributed by atoms with E-state index < -0.39 is 11.7 Å². The van der Waals surface area contributed by atoms with E-state index in [4.69, 9.17) is 21.1 Å². The Bertz CT molecular complexity index is 1400. The van der Waals surface area contributed by atoms with Crippen molar-refractivity contribution in [3.05, 3.63) is 83.0 Å². The minimum absolute atomic E-state index is 0.0974. The SMILES string of the molecule is CCOc1cc(/C=N/NC(=O)c2cc3ccccc3cc2O)ccc1Oc1nc(Cl)ncc1F. The first-order valence-corrected chi connectivity index (χ1v) is 10.5. The number of hydrogen-bond acceptors (Lipinski definition) is 7. The number of phenols is 1. The lowest BCUT2D eigenvalue weighted by Crippen LogP contribution is -2.17. The second-order valence-electron chi connectivity index (χ2n) is 6.95. The zero-order chi connectivity index (χ0) is 24.1. The van der Waals surface area contributed by atoms with Gasteiger partial charge in [0.2, 0.25) is 11.1 Å². The number of carbonyl (C=O) groups excluding carboxylic acids is 1. The fraction of sp³-hybridized carbons (Fsp3) is 0.0833. The quantitative estimate of drug-likeness (QED) is 0.217. The van der Waals surface area contributed by atoms with E-state index in [1.807, 2.05) is 24.3 Å². The van der Waals surface area contributed by atoms with Gasteiger partial charge in [-0.05, 0) is 65.2 Å². The van der Waals surface area contributed by atoms with Gasteiger partial charge in [0.1, 0.15) is 5.75 Å². The molecule has 172 valence electrons. The van der Waals surface area contributed by atoms with E-state index in [-0.39, 0.29) is 28.2 Å². The highest BCUT2D eigenvalue weighted by molar-refractivity contribution is 6.28. The number of nitrogens with zero attached hydrogens (tertiary/aromatic N) is 3. The van der Waals surface area contributed by atoms with Crippen molar-refractivity contribution in [3.63, 3.8) is 0 Å². The summed E-state index contributed by atoms with van der Waals surface area (Å²) in [6.45, 7) is 2.10. The van der Waals surface area contributed by atoms with Gasteiger partial charge in [-0.3, -0.25) is 4.79 Å². The lowest BCUT2D eigenvalue weighted by molar-refractivity contribution is 0.0952. The Morgan fingerprint density at radius 2 is 1.94 bits per heavy atom. The first-order chi connectivity index (χ1) is 16.4. The number of amides is 1. The molecule has 0 spiro atoms. The zero-order valence-electron chi connectivity index (χ0n) is 17.8. The van der Waals surface area contributed by atoms with Crippen LogP contribution in [0.15, 0.2) is 65.9 Å². The number of aromatic hydroxyl groups is 1. The number of ether oxygens (including phenoxy) is 2. The summed E-state index contributed by atoms with van der Waals surface area (Å²) in [6.07, 6.45) is 2.30. The Labute approximate surface area is 198 Å². The van der Waals surface area contributed by atoms with Crippen LogP contribution in [-0.2, 0) is 0 Å². The molecule has 4 aromatic rings. The molecule has 0 fully saturated rings. The number of phenolic OH excluding ortho intramolecular Hbond substituents is 1. The van der Waals surface area contributed by atoms with Crippen LogP contribution in [0.4, 0.5) is 4.39 Å². The van der Waals surface area contributed by atoms with Crippen LogP contribution >= 0.6 is 11.6 Å². The molecule has 1 heterocycles. The van der Waals surface area contributed by atoms with Gasteiger partial charge in [0, 0.05) is 0 Å². The second kappa shape index (κ2) is 10.1. The van der Waals surface area contributed by atoms with Crippen molar-refractivity contribution < 1.29 is 23.8 Å². The molecule has 0 aliphatic carbocycles. The number of hydrogen-bond donors (Lipinski definition) is 2. The zero-order valence-corrected chi connectivity index (χ0v) is 18.6. The molecule has 1 amide bonds. The van der Waals surface area contributed by atoms with Crippen molar-refractivity contribution in [2.45, 2.75) is 6.92 Å². The molecule has 34 heavy (non-hydrogen) atoms. The first kappa shape index (κ1) is 22.9. The lowest BCUT2D eigenvalue weighted by atomic mass is 10.1. The summed E-state index contributed by atoms with van der Waals surface area (Å²) in [4.78, 5) is 19.8. The molecule has 8 nitrogen and oxygen atoms in total. The fourth-order valence-corrected chi connectivity index (χ4v) is 3.23. The topological polar surface area (TPSA) is 106 Å². The van der Waals surface area contributed by atoms with Crippen LogP contribution in [0.5, 0.6) is 23.1 Å². The molecule has 0 atom stereocenters. The van der Waals surface area contributed by atoms with E-state index >= 15 is 0 Å². The Hall–Kier alpha value is -4.24. The summed E-state index contributed by atoms with van der Waals surface area (Å²) in [5.41, 5.74) is 3.06. The van der Waals surface area contributed by atoms with Crippen molar-refractivity contribution in [1.29, 1.82) is 0 Å². The molecule has 4 rings (SSSR count). The molecular weight excluding hydrogens is 463 g/mol. The van der Waals surface area contributed by atoms with E-state index in [0.29, 0.717) is 17.9 Å². The number of benzene rings is 3. The van der Waals surface area contributed by atoms with Gasteiger partial charge >= 0.3 is 0 Å². The molecule has 0 radical (unpaired) electrons. The van der Waals surface area contributed by atoms with Crippen LogP contribution in [0.3, 0.4) is 0 Å². The van der Waals surface area contributed by atoms with Crippen LogP contribution in [0.25, 0.3) is 10.8 Å². The number of halogens is 2. The summed E-state index contributed by atoms with van der Waals surface area (Å²) >= 11 is 5.71. The monoisotopic (exact) mass is 480 g/mol. The standard InChI is InChI=1S/C24H18ClFN4O4/c1-2-33-21-9-14(7-8-20(21)34-23-18(26)13-27-24(25)29-23)12-28-30-22(32)17-10-15-5-3-4-6-16(15)11-19(17)31/h3-13,31H,2H2,1H3,(H,30,32)/b28-12+. The predicted octanol–water partition coefficient (Wildman–Crippen LogP) is 5.08. The summed E-state index contributed by atoms with van der Waals surface area (Å²) in [5, 5.41) is 15.6. The third-order valence-electron chi connectivity index (χ3n) is 4.65. The highest BCUT2D eigenvalue weighted by atomic mass is 35.5. The highest BCUT2D eigenvalue weighted by Crippen LogP contribution is 2.33. The van der Waals surface area contributed by atoms with Crippen molar-refractivity contribution in [3.8, 4) is 23.1 Å². The minimum atomic E-state index is -0.780. The minimum Gasteiger partial charge on any atom is -0.507 e. The molecule has 0 unspecified atom stereocenters. The van der Waals surface area contributed by atoms with E-state index in [9.17, 15) is 14.3 Å². The Morgan fingerprint density at radius 1 is 1.18 bits per heavy atom. The van der Waals surface area contributed by atoms with Gasteiger partial charge in [-0.1, -0.05) is 24.3 Å². The van der Waals surface area contributed by atoms with Crippen LogP contribution in [-0.4, -0.2) is 33.8 Å². The molecule has 3 aromatic carbocycles. The fourth-order valence-electron chi connectivity index (χ4n) is 3.10. The van der Waals surface area contributed by atoms with E-state index in [2.05, 4.69) is 20.5 Å². The smallest absolute Gasteiger partial charge is 0.275 e. The van der Waals surface area contributed by atoms with Gasteiger partial charge in [-0.25, -0.2) is 10.4 Å². The molecule has 0 saturated carbocycles. The maximum atomic E-state index is 13.9. The average Bonchev–Trinajstić information content (AvgIpc) is 2.82. The number of nitrogens with one attached hydrogen (secondary N) is 1. The van der Waals surface area contributed by atoms with Crippen LogP contribution in [0.2, 0.25) is 5.28 Å². The summed E-state index contributed by atoms with van der Waals surface area (Å²) < 4.78 is 25.0. The summed E-state index contributed by atoms with van der Waals surface area (Å²) in [5.74, 6) is -1.33. The van der Waals surface area contributed by atoms with Gasteiger partial charge in [-0.2, -0.15) is 14.5 Å². The van der Waals surface area contributed by atoms with Gasteiger partial charge in [0.05, 0.1) is 24.6 Å². The molecule has 0 aliphatic heterocycles. The largest absolute Gasteiger partial charge is 0.507 e. The summed E-state index contributed by atoms with van der Waals surface area (Å²) in [6, 6.07) is 15.3. The van der Waals surface area contributed by atoms with Crippen molar-refractivity contribution in [2.75, 3.05) is 6.61 Å². The molecular formula is C24H18ClFN4O4. The predicted molar refractivity (Wildman–Crippen MR) is 125 cm³/mol. The normalized spacial score (nSPS) is 11.0. The third kappa shape index (κ3) is 5.21. The van der Waals surface area contributed by atoms with Gasteiger partial charge in [0.15, 0.2) is 11.5 Å². The average molecular weight is 481 g/mol. The highest BCUT2D eigenvalue weighted by Gasteiger charge is 2.14. The van der Waals surface area contributed by atoms with Crippen molar-refractivity contribution >= 4 is 34.5 Å². The second-order valence-corrected chi connectivity index (χ2v) is 7.29. The van der Waals surface area contributed by atoms with Crippen LogP contribution < -0.4 is 14.9 Å². The maximum absolute atomic E-state index is 13.9. The molecule has 10 heteroatoms. The van der Waals surface area contributed by atoms with Gasteiger partial charge < -0.3 is 14.6 Å².